The highest BCUT2D eigenvalue weighted by atomic mass is 19.4. The van der Waals surface area contributed by atoms with Crippen molar-refractivity contribution in [1.29, 1.82) is 0 Å². The Balaban J connectivity index is 1.60. The summed E-state index contributed by atoms with van der Waals surface area (Å²) < 4.78 is 66.9. The van der Waals surface area contributed by atoms with Crippen LogP contribution >= 0.6 is 0 Å². The Labute approximate surface area is 193 Å². The number of hydrogen-bond acceptors (Lipinski definition) is 6. The third-order valence-corrected chi connectivity index (χ3v) is 5.57. The number of ether oxygens (including phenoxy) is 2. The molecule has 0 fully saturated rings. The summed E-state index contributed by atoms with van der Waals surface area (Å²) in [5, 5.41) is 2.85. The van der Waals surface area contributed by atoms with E-state index in [1.807, 2.05) is 0 Å². The minimum Gasteiger partial charge on any atom is -0.491 e. The molecule has 4 aromatic rings. The molecule has 2 N–H and O–H groups in total. The number of pyridine rings is 1. The number of halogens is 4. The average molecular weight is 489 g/mol. The van der Waals surface area contributed by atoms with Gasteiger partial charge in [0.2, 0.25) is 0 Å². The smallest absolute Gasteiger partial charge is 0.491 e. The summed E-state index contributed by atoms with van der Waals surface area (Å²) in [5.74, 6) is -3.27. The monoisotopic (exact) mass is 489 g/mol. The van der Waals surface area contributed by atoms with Crippen molar-refractivity contribution in [3.8, 4) is 11.5 Å². The number of nitrogens with zero attached hydrogens (tertiary/aromatic N) is 1. The second-order valence-corrected chi connectivity index (χ2v) is 7.73. The van der Waals surface area contributed by atoms with Gasteiger partial charge in [-0.15, -0.1) is 13.2 Å². The van der Waals surface area contributed by atoms with E-state index in [9.17, 15) is 27.2 Å². The summed E-state index contributed by atoms with van der Waals surface area (Å²) >= 11 is 0. The molecule has 1 amide bonds. The van der Waals surface area contributed by atoms with E-state index in [1.54, 1.807) is 12.1 Å². The highest BCUT2D eigenvalue weighted by Crippen LogP contribution is 2.42. The van der Waals surface area contributed by atoms with Crippen LogP contribution in [0.25, 0.3) is 11.1 Å². The molecule has 1 atom stereocenters. The van der Waals surface area contributed by atoms with E-state index < -0.39 is 35.1 Å². The molecule has 8 nitrogen and oxygen atoms in total. The third kappa shape index (κ3) is 4.18. The van der Waals surface area contributed by atoms with E-state index >= 15 is 0 Å². The van der Waals surface area contributed by atoms with Crippen molar-refractivity contribution >= 4 is 17.0 Å². The fraction of sp³-hybridized carbons (Fsp3) is 0.174. The number of nitrogens with one attached hydrogen (secondary N) is 2. The molecule has 0 bridgehead atoms. The van der Waals surface area contributed by atoms with Crippen LogP contribution in [-0.4, -0.2) is 28.8 Å². The number of rotatable bonds is 4. The van der Waals surface area contributed by atoms with Crippen LogP contribution in [0.5, 0.6) is 11.5 Å². The van der Waals surface area contributed by atoms with Gasteiger partial charge in [-0.25, -0.2) is 9.18 Å². The number of alkyl halides is 3. The number of H-pyrrole nitrogens is 1. The number of carbonyl (C=O) groups is 1. The van der Waals surface area contributed by atoms with Crippen LogP contribution in [0.15, 0.2) is 63.9 Å². The molecule has 2 aromatic carbocycles. The van der Waals surface area contributed by atoms with Gasteiger partial charge in [-0.3, -0.25) is 14.8 Å². The van der Waals surface area contributed by atoms with Crippen LogP contribution in [0, 0.1) is 5.82 Å². The van der Waals surface area contributed by atoms with Gasteiger partial charge in [0.25, 0.3) is 5.91 Å². The minimum atomic E-state index is -5.08. The van der Waals surface area contributed by atoms with Gasteiger partial charge in [0.05, 0.1) is 12.1 Å². The number of amides is 1. The highest BCUT2D eigenvalue weighted by molar-refractivity contribution is 5.97. The molecule has 3 heterocycles. The van der Waals surface area contributed by atoms with Crippen molar-refractivity contribution in [1.82, 2.24) is 15.3 Å². The van der Waals surface area contributed by atoms with Gasteiger partial charge in [-0.05, 0) is 48.0 Å². The number of fused-ring (bicyclic) bond motifs is 2. The molecule has 0 spiro atoms. The molecular formula is C23H15F4N3O5. The number of benzene rings is 2. The summed E-state index contributed by atoms with van der Waals surface area (Å²) in [7, 11) is 0. The van der Waals surface area contributed by atoms with Crippen molar-refractivity contribution in [3.05, 3.63) is 87.9 Å². The highest BCUT2D eigenvalue weighted by Gasteiger charge is 2.43. The van der Waals surface area contributed by atoms with E-state index in [1.165, 1.54) is 30.5 Å². The first-order valence-corrected chi connectivity index (χ1v) is 10.2. The van der Waals surface area contributed by atoms with E-state index in [4.69, 9.17) is 9.15 Å². The lowest BCUT2D eigenvalue weighted by atomic mass is 9.81. The van der Waals surface area contributed by atoms with Crippen molar-refractivity contribution in [2.24, 2.45) is 0 Å². The Morgan fingerprint density at radius 2 is 2.00 bits per heavy atom. The zero-order chi connectivity index (χ0) is 24.8. The number of aromatic amines is 1. The quantitative estimate of drug-likeness (QED) is 0.420. The Morgan fingerprint density at radius 1 is 1.17 bits per heavy atom. The van der Waals surface area contributed by atoms with Gasteiger partial charge in [0.1, 0.15) is 17.0 Å². The first-order chi connectivity index (χ1) is 16.6. The van der Waals surface area contributed by atoms with E-state index in [-0.39, 0.29) is 35.4 Å². The molecule has 0 radical (unpaired) electrons. The third-order valence-electron chi connectivity index (χ3n) is 5.57. The zero-order valence-electron chi connectivity index (χ0n) is 17.6. The van der Waals surface area contributed by atoms with E-state index in [0.29, 0.717) is 11.3 Å². The predicted octanol–water partition coefficient (Wildman–Crippen LogP) is 4.01. The molecule has 0 saturated carbocycles. The van der Waals surface area contributed by atoms with E-state index in [2.05, 4.69) is 20.0 Å². The van der Waals surface area contributed by atoms with Crippen molar-refractivity contribution in [3.63, 3.8) is 0 Å². The van der Waals surface area contributed by atoms with Gasteiger partial charge >= 0.3 is 12.1 Å². The van der Waals surface area contributed by atoms with Gasteiger partial charge < -0.3 is 19.2 Å². The molecule has 1 unspecified atom stereocenters. The lowest BCUT2D eigenvalue weighted by molar-refractivity contribution is -0.275. The molecule has 1 aliphatic rings. The van der Waals surface area contributed by atoms with Crippen LogP contribution in [0.3, 0.4) is 0 Å². The Bertz CT molecular complexity index is 1500. The molecule has 12 heteroatoms. The summed E-state index contributed by atoms with van der Waals surface area (Å²) in [6.45, 7) is 0.104. The van der Waals surface area contributed by atoms with Crippen molar-refractivity contribution < 1.29 is 36.2 Å². The maximum atomic E-state index is 14.7. The summed E-state index contributed by atoms with van der Waals surface area (Å²) in [6.07, 6.45) is -3.53. The fourth-order valence-electron chi connectivity index (χ4n) is 4.06. The molecule has 2 aromatic heterocycles. The topological polar surface area (TPSA) is 106 Å². The second-order valence-electron chi connectivity index (χ2n) is 7.73. The maximum absolute atomic E-state index is 14.7. The first-order valence-electron chi connectivity index (χ1n) is 10.2. The lowest BCUT2D eigenvalue weighted by Crippen LogP contribution is -2.50. The number of hydrogen-bond donors (Lipinski definition) is 2. The molecule has 0 saturated heterocycles. The minimum absolute atomic E-state index is 0.100. The largest absolute Gasteiger partial charge is 0.573 e. The summed E-state index contributed by atoms with van der Waals surface area (Å²) in [5.41, 5.74) is -0.393. The molecule has 5 rings (SSSR count). The Hall–Kier alpha value is -4.35. The fourth-order valence-corrected chi connectivity index (χ4v) is 4.06. The zero-order valence-corrected chi connectivity index (χ0v) is 17.6. The lowest BCUT2D eigenvalue weighted by Gasteiger charge is -2.39. The molecule has 0 aliphatic carbocycles. The molecule has 1 aliphatic heterocycles. The molecule has 35 heavy (non-hydrogen) atoms. The van der Waals surface area contributed by atoms with Crippen LogP contribution in [0.4, 0.5) is 17.6 Å². The molecular weight excluding hydrogens is 474 g/mol. The van der Waals surface area contributed by atoms with E-state index in [0.717, 1.165) is 12.1 Å². The van der Waals surface area contributed by atoms with Crippen molar-refractivity contribution in [2.75, 3.05) is 6.61 Å². The summed E-state index contributed by atoms with van der Waals surface area (Å²) in [4.78, 5) is 31.5. The van der Waals surface area contributed by atoms with Crippen molar-refractivity contribution in [2.45, 2.75) is 18.3 Å². The normalized spacial score (nSPS) is 17.5. The van der Waals surface area contributed by atoms with Gasteiger partial charge in [0.15, 0.2) is 17.1 Å². The van der Waals surface area contributed by atoms with Crippen LogP contribution < -0.4 is 20.5 Å². The number of carbonyl (C=O) groups excluding carboxylic acids is 1. The standard InChI is InChI=1S/C23H15F4N3O5/c24-14-11-13(4-6-16(14)35-23(25,26)27)22(7-9-33-17-2-1-8-28-19(17)22)30-20(31)12-3-5-15-18(10-12)34-21(32)29-15/h1-6,8,10-11H,7,9H2,(H,29,32)(H,30,31). The van der Waals surface area contributed by atoms with Gasteiger partial charge in [-0.2, -0.15) is 0 Å². The number of oxazole rings is 1. The van der Waals surface area contributed by atoms with Crippen LogP contribution in [0.1, 0.15) is 28.0 Å². The van der Waals surface area contributed by atoms with Gasteiger partial charge in [0, 0.05) is 18.2 Å². The first kappa shape index (κ1) is 22.4. The second kappa shape index (κ2) is 8.15. The maximum Gasteiger partial charge on any atom is 0.573 e. The van der Waals surface area contributed by atoms with Crippen LogP contribution in [0.2, 0.25) is 0 Å². The Morgan fingerprint density at radius 3 is 2.77 bits per heavy atom. The number of aromatic nitrogens is 2. The van der Waals surface area contributed by atoms with Gasteiger partial charge in [-0.1, -0.05) is 6.07 Å². The van der Waals surface area contributed by atoms with Crippen LogP contribution in [-0.2, 0) is 5.54 Å². The predicted molar refractivity (Wildman–Crippen MR) is 113 cm³/mol. The average Bonchev–Trinajstić information content (AvgIpc) is 3.19. The SMILES string of the molecule is O=C(NC1(c2ccc(OC(F)(F)F)c(F)c2)CCOc2cccnc21)c1ccc2[nH]c(=O)oc2c1. The Kier molecular flexibility index (Phi) is 5.23. The molecule has 180 valence electrons. The summed E-state index contributed by atoms with van der Waals surface area (Å²) in [6, 6.07) is 10.4.